The van der Waals surface area contributed by atoms with Crippen molar-refractivity contribution in [3.63, 3.8) is 0 Å². The fraction of sp³-hybridized carbons (Fsp3) is 0.333. The number of halogens is 1. The average molecular weight is 366 g/mol. The number of nitrogens with one attached hydrogen (secondary N) is 3. The molecule has 1 aromatic carbocycles. The van der Waals surface area contributed by atoms with Crippen molar-refractivity contribution in [1.82, 2.24) is 15.6 Å². The van der Waals surface area contributed by atoms with Crippen molar-refractivity contribution in [1.29, 1.82) is 0 Å². The minimum absolute atomic E-state index is 0.0102. The van der Waals surface area contributed by atoms with Gasteiger partial charge in [0.1, 0.15) is 0 Å². The van der Waals surface area contributed by atoms with E-state index in [9.17, 15) is 14.7 Å². The van der Waals surface area contributed by atoms with E-state index in [1.807, 2.05) is 6.07 Å². The molecule has 3 rings (SSSR count). The van der Waals surface area contributed by atoms with Crippen LogP contribution in [0.4, 0.5) is 0 Å². The number of aliphatic hydroxyl groups is 1. The molecule has 1 aromatic heterocycles. The van der Waals surface area contributed by atoms with E-state index < -0.39 is 6.10 Å². The van der Waals surface area contributed by atoms with Gasteiger partial charge in [0.15, 0.2) is 0 Å². The van der Waals surface area contributed by atoms with Crippen LogP contribution in [0, 0.1) is 5.92 Å². The summed E-state index contributed by atoms with van der Waals surface area (Å²) in [5, 5.41) is 16.3. The van der Waals surface area contributed by atoms with Crippen LogP contribution in [0.3, 0.4) is 0 Å². The van der Waals surface area contributed by atoms with Crippen molar-refractivity contribution in [2.45, 2.75) is 6.10 Å². The number of fused-ring (bicyclic) bond motifs is 1. The van der Waals surface area contributed by atoms with Crippen LogP contribution < -0.4 is 16.2 Å². The highest BCUT2D eigenvalue weighted by molar-refractivity contribution is 9.10. The number of β-amino-alcohol motifs (C(OH)–C–C–N with tert-alkyl or cyclic N) is 1. The molecule has 2 heterocycles. The first-order valence-electron chi connectivity index (χ1n) is 7.05. The molecule has 1 aliphatic heterocycles. The molecule has 1 fully saturated rings. The van der Waals surface area contributed by atoms with Crippen molar-refractivity contribution in [2.24, 2.45) is 5.92 Å². The molecule has 22 heavy (non-hydrogen) atoms. The van der Waals surface area contributed by atoms with Crippen molar-refractivity contribution in [2.75, 3.05) is 19.6 Å². The lowest BCUT2D eigenvalue weighted by molar-refractivity contribution is 0.0928. The maximum absolute atomic E-state index is 12.4. The van der Waals surface area contributed by atoms with E-state index in [4.69, 9.17) is 0 Å². The van der Waals surface area contributed by atoms with Gasteiger partial charge in [0, 0.05) is 41.5 Å². The van der Waals surface area contributed by atoms with Crippen LogP contribution in [0.5, 0.6) is 0 Å². The summed E-state index contributed by atoms with van der Waals surface area (Å²) in [6, 6.07) is 6.71. The van der Waals surface area contributed by atoms with Gasteiger partial charge < -0.3 is 20.7 Å². The SMILES string of the molecule is O=C(NCC1CNCC1O)c1cc(=O)[nH]c2c(Br)cccc12. The summed E-state index contributed by atoms with van der Waals surface area (Å²) in [6.45, 7) is 1.58. The molecule has 116 valence electrons. The second-order valence-corrected chi connectivity index (χ2v) is 6.26. The summed E-state index contributed by atoms with van der Waals surface area (Å²) in [4.78, 5) is 26.9. The van der Waals surface area contributed by atoms with Crippen LogP contribution in [-0.2, 0) is 0 Å². The lowest BCUT2D eigenvalue weighted by Crippen LogP contribution is -2.34. The number of para-hydroxylation sites is 1. The fourth-order valence-corrected chi connectivity index (χ4v) is 3.14. The van der Waals surface area contributed by atoms with Crippen molar-refractivity contribution in [3.05, 3.63) is 44.7 Å². The van der Waals surface area contributed by atoms with Gasteiger partial charge in [0.25, 0.3) is 5.91 Å². The van der Waals surface area contributed by atoms with E-state index in [1.165, 1.54) is 6.07 Å². The van der Waals surface area contributed by atoms with Crippen LogP contribution in [0.15, 0.2) is 33.5 Å². The zero-order valence-corrected chi connectivity index (χ0v) is 13.3. The maximum atomic E-state index is 12.4. The van der Waals surface area contributed by atoms with Gasteiger partial charge in [-0.3, -0.25) is 9.59 Å². The van der Waals surface area contributed by atoms with E-state index in [2.05, 4.69) is 31.5 Å². The second-order valence-electron chi connectivity index (χ2n) is 5.41. The maximum Gasteiger partial charge on any atom is 0.252 e. The molecule has 0 bridgehead atoms. The Bertz CT molecular complexity index is 774. The Balaban J connectivity index is 1.87. The summed E-state index contributed by atoms with van der Waals surface area (Å²) in [7, 11) is 0. The zero-order valence-electron chi connectivity index (χ0n) is 11.7. The van der Waals surface area contributed by atoms with Gasteiger partial charge in [-0.25, -0.2) is 0 Å². The molecule has 0 radical (unpaired) electrons. The highest BCUT2D eigenvalue weighted by Gasteiger charge is 2.25. The van der Waals surface area contributed by atoms with Crippen molar-refractivity contribution >= 4 is 32.7 Å². The first-order chi connectivity index (χ1) is 10.6. The molecule has 2 atom stereocenters. The smallest absolute Gasteiger partial charge is 0.252 e. The molecular weight excluding hydrogens is 350 g/mol. The Morgan fingerprint density at radius 1 is 1.41 bits per heavy atom. The van der Waals surface area contributed by atoms with Crippen molar-refractivity contribution < 1.29 is 9.90 Å². The third-order valence-electron chi connectivity index (χ3n) is 3.90. The van der Waals surface area contributed by atoms with Crippen molar-refractivity contribution in [3.8, 4) is 0 Å². The van der Waals surface area contributed by atoms with Gasteiger partial charge in [0.05, 0.1) is 17.2 Å². The van der Waals surface area contributed by atoms with E-state index in [0.717, 1.165) is 4.47 Å². The molecule has 7 heteroatoms. The molecule has 0 saturated carbocycles. The number of carbonyl (C=O) groups is 1. The number of rotatable bonds is 3. The number of aliphatic hydroxyl groups excluding tert-OH is 1. The van der Waals surface area contributed by atoms with E-state index in [0.29, 0.717) is 36.1 Å². The predicted octanol–water partition coefficient (Wildman–Crippen LogP) is 0.601. The van der Waals surface area contributed by atoms with Crippen LogP contribution in [0.1, 0.15) is 10.4 Å². The molecule has 2 unspecified atom stereocenters. The number of benzene rings is 1. The molecule has 0 aliphatic carbocycles. The van der Waals surface area contributed by atoms with Gasteiger partial charge in [0.2, 0.25) is 5.56 Å². The van der Waals surface area contributed by atoms with Crippen LogP contribution in [-0.4, -0.2) is 41.7 Å². The highest BCUT2D eigenvalue weighted by atomic mass is 79.9. The van der Waals surface area contributed by atoms with Crippen LogP contribution in [0.2, 0.25) is 0 Å². The number of aromatic amines is 1. The monoisotopic (exact) mass is 365 g/mol. The zero-order chi connectivity index (χ0) is 15.7. The number of hydrogen-bond acceptors (Lipinski definition) is 4. The third kappa shape index (κ3) is 2.92. The molecular formula is C15H16BrN3O3. The first-order valence-corrected chi connectivity index (χ1v) is 7.84. The van der Waals surface area contributed by atoms with E-state index >= 15 is 0 Å². The third-order valence-corrected chi connectivity index (χ3v) is 4.56. The minimum atomic E-state index is -0.453. The molecule has 1 aliphatic rings. The molecule has 1 saturated heterocycles. The Kier molecular flexibility index (Phi) is 4.28. The van der Waals surface area contributed by atoms with Crippen LogP contribution in [0.25, 0.3) is 10.9 Å². The quantitative estimate of drug-likeness (QED) is 0.640. The summed E-state index contributed by atoms with van der Waals surface area (Å²) in [5.41, 5.74) is 0.607. The van der Waals surface area contributed by atoms with Gasteiger partial charge in [-0.15, -0.1) is 0 Å². The molecule has 6 nitrogen and oxygen atoms in total. The van der Waals surface area contributed by atoms with Gasteiger partial charge in [-0.1, -0.05) is 12.1 Å². The summed E-state index contributed by atoms with van der Waals surface area (Å²) < 4.78 is 0.729. The number of pyridine rings is 1. The second kappa shape index (κ2) is 6.20. The standard InChI is InChI=1S/C15H16BrN3O3/c16-11-3-1-2-9-10(4-13(21)19-14(9)11)15(22)18-6-8-5-17-7-12(8)20/h1-4,8,12,17,20H,5-7H2,(H,18,22)(H,19,21). The number of hydrogen-bond donors (Lipinski definition) is 4. The summed E-state index contributed by atoms with van der Waals surface area (Å²) in [5.74, 6) is -0.322. The van der Waals surface area contributed by atoms with Gasteiger partial charge in [-0.05, 0) is 22.0 Å². The lowest BCUT2D eigenvalue weighted by Gasteiger charge is -2.14. The summed E-state index contributed by atoms with van der Waals surface area (Å²) >= 11 is 3.37. The molecule has 0 spiro atoms. The predicted molar refractivity (Wildman–Crippen MR) is 87.0 cm³/mol. The van der Waals surface area contributed by atoms with Crippen LogP contribution >= 0.6 is 15.9 Å². The Labute approximate surface area is 135 Å². The number of aromatic nitrogens is 1. The Hall–Kier alpha value is -1.70. The average Bonchev–Trinajstić information content (AvgIpc) is 2.90. The summed E-state index contributed by atoms with van der Waals surface area (Å²) in [6.07, 6.45) is -0.453. The topological polar surface area (TPSA) is 94.2 Å². The van der Waals surface area contributed by atoms with Gasteiger partial charge in [-0.2, -0.15) is 0 Å². The lowest BCUT2D eigenvalue weighted by atomic mass is 10.1. The first kappa shape index (κ1) is 15.2. The molecule has 2 aromatic rings. The Morgan fingerprint density at radius 2 is 2.23 bits per heavy atom. The fourth-order valence-electron chi connectivity index (χ4n) is 2.68. The molecule has 4 N–H and O–H groups in total. The van der Waals surface area contributed by atoms with E-state index in [-0.39, 0.29) is 17.4 Å². The number of H-pyrrole nitrogens is 1. The Morgan fingerprint density at radius 3 is 2.95 bits per heavy atom. The number of carbonyl (C=O) groups excluding carboxylic acids is 1. The largest absolute Gasteiger partial charge is 0.391 e. The minimum Gasteiger partial charge on any atom is -0.391 e. The normalized spacial score (nSPS) is 21.2. The van der Waals surface area contributed by atoms with E-state index in [1.54, 1.807) is 12.1 Å². The molecule has 1 amide bonds. The van der Waals surface area contributed by atoms with Gasteiger partial charge >= 0.3 is 0 Å². The highest BCUT2D eigenvalue weighted by Crippen LogP contribution is 2.23. The number of amides is 1.